The van der Waals surface area contributed by atoms with Crippen molar-refractivity contribution in [3.63, 3.8) is 0 Å². The molecule has 144 valence electrons. The van der Waals surface area contributed by atoms with E-state index in [1.54, 1.807) is 6.92 Å². The fourth-order valence-electron chi connectivity index (χ4n) is 2.97. The molecule has 27 heavy (non-hydrogen) atoms. The quantitative estimate of drug-likeness (QED) is 0.476. The summed E-state index contributed by atoms with van der Waals surface area (Å²) in [5.74, 6) is 0.370. The number of rotatable bonds is 3. The number of anilines is 2. The van der Waals surface area contributed by atoms with Crippen LogP contribution in [-0.2, 0) is 6.18 Å². The maximum absolute atomic E-state index is 12.7. The molecule has 1 aromatic heterocycles. The number of halogens is 4. The van der Waals surface area contributed by atoms with Gasteiger partial charge in [-0.2, -0.15) is 13.2 Å². The van der Waals surface area contributed by atoms with Crippen LogP contribution in [0.25, 0.3) is 0 Å². The number of hydrogen-bond donors (Lipinski definition) is 1. The molecule has 1 aliphatic rings. The molecule has 2 aromatic rings. The minimum Gasteiger partial charge on any atom is -0.411 e. The fraction of sp³-hybridized carbons (Fsp3) is 0.333. The van der Waals surface area contributed by atoms with Gasteiger partial charge >= 0.3 is 6.18 Å². The molecule has 1 saturated heterocycles. The summed E-state index contributed by atoms with van der Waals surface area (Å²) in [7, 11) is 0. The van der Waals surface area contributed by atoms with Gasteiger partial charge in [-0.15, -0.1) is 0 Å². The normalized spacial score (nSPS) is 16.0. The average molecular weight is 399 g/mol. The highest BCUT2D eigenvalue weighted by molar-refractivity contribution is 6.33. The lowest BCUT2D eigenvalue weighted by molar-refractivity contribution is -0.137. The zero-order valence-electron chi connectivity index (χ0n) is 14.5. The molecule has 0 saturated carbocycles. The van der Waals surface area contributed by atoms with Crippen LogP contribution in [0.4, 0.5) is 24.7 Å². The lowest BCUT2D eigenvalue weighted by Crippen LogP contribution is -2.47. The molecule has 0 radical (unpaired) electrons. The number of piperazine rings is 1. The maximum atomic E-state index is 12.7. The van der Waals surface area contributed by atoms with Gasteiger partial charge in [-0.25, -0.2) is 4.98 Å². The van der Waals surface area contributed by atoms with Crippen LogP contribution in [0.5, 0.6) is 0 Å². The number of oxime groups is 1. The highest BCUT2D eigenvalue weighted by Gasteiger charge is 2.32. The SMILES string of the molecule is C/C(=N/O)c1ccc(N2CCN(c3ncc(C(F)(F)F)cc3Cl)CC2)cc1. The first-order chi connectivity index (χ1) is 12.8. The van der Waals surface area contributed by atoms with Crippen LogP contribution in [0, 0.1) is 0 Å². The zero-order chi connectivity index (χ0) is 19.6. The lowest BCUT2D eigenvalue weighted by atomic mass is 10.1. The van der Waals surface area contributed by atoms with Crippen LogP contribution in [0.15, 0.2) is 41.7 Å². The summed E-state index contributed by atoms with van der Waals surface area (Å²) in [6, 6.07) is 8.57. The van der Waals surface area contributed by atoms with Crippen LogP contribution in [-0.4, -0.2) is 42.1 Å². The van der Waals surface area contributed by atoms with Gasteiger partial charge in [-0.1, -0.05) is 28.9 Å². The molecule has 0 spiro atoms. The summed E-state index contributed by atoms with van der Waals surface area (Å²) >= 11 is 6.03. The molecular weight excluding hydrogens is 381 g/mol. The van der Waals surface area contributed by atoms with E-state index in [1.807, 2.05) is 29.2 Å². The predicted octanol–water partition coefficient (Wildman–Crippen LogP) is 4.28. The van der Waals surface area contributed by atoms with Gasteiger partial charge in [0.1, 0.15) is 5.82 Å². The van der Waals surface area contributed by atoms with Crippen LogP contribution >= 0.6 is 11.6 Å². The second-order valence-corrected chi connectivity index (χ2v) is 6.64. The minimum absolute atomic E-state index is 0.00129. The standard InChI is InChI=1S/C18H18ClF3N4O/c1-12(24-27)13-2-4-15(5-3-13)25-6-8-26(9-7-25)17-16(19)10-14(11-23-17)18(20,21)22/h2-5,10-11,27H,6-9H2,1H3/b24-12-. The zero-order valence-corrected chi connectivity index (χ0v) is 15.3. The Hall–Kier alpha value is -2.48. The summed E-state index contributed by atoms with van der Waals surface area (Å²) < 4.78 is 38.2. The van der Waals surface area contributed by atoms with Crippen molar-refractivity contribution >= 4 is 28.8 Å². The summed E-state index contributed by atoms with van der Waals surface area (Å²) in [4.78, 5) is 7.98. The Bertz CT molecular complexity index is 831. The first-order valence-electron chi connectivity index (χ1n) is 8.31. The van der Waals surface area contributed by atoms with E-state index in [9.17, 15) is 13.2 Å². The summed E-state index contributed by atoms with van der Waals surface area (Å²) in [5.41, 5.74) is 1.54. The van der Waals surface area contributed by atoms with Crippen molar-refractivity contribution in [2.24, 2.45) is 5.16 Å². The summed E-state index contributed by atoms with van der Waals surface area (Å²) in [6.45, 7) is 4.28. The monoisotopic (exact) mass is 398 g/mol. The Morgan fingerprint density at radius 3 is 2.22 bits per heavy atom. The number of alkyl halides is 3. The molecule has 3 rings (SSSR count). The third-order valence-electron chi connectivity index (χ3n) is 4.53. The largest absolute Gasteiger partial charge is 0.417 e. The van der Waals surface area contributed by atoms with E-state index in [-0.39, 0.29) is 5.02 Å². The van der Waals surface area contributed by atoms with Crippen molar-refractivity contribution in [2.45, 2.75) is 13.1 Å². The molecule has 1 N–H and O–H groups in total. The van der Waals surface area contributed by atoms with Crippen molar-refractivity contribution in [1.29, 1.82) is 0 Å². The minimum atomic E-state index is -4.46. The molecule has 0 amide bonds. The van der Waals surface area contributed by atoms with Gasteiger partial charge in [-0.3, -0.25) is 0 Å². The smallest absolute Gasteiger partial charge is 0.411 e. The molecule has 0 unspecified atom stereocenters. The predicted molar refractivity (Wildman–Crippen MR) is 99.1 cm³/mol. The van der Waals surface area contributed by atoms with Crippen molar-refractivity contribution in [1.82, 2.24) is 4.98 Å². The van der Waals surface area contributed by atoms with Gasteiger partial charge in [0.25, 0.3) is 0 Å². The third-order valence-corrected chi connectivity index (χ3v) is 4.81. The Morgan fingerprint density at radius 2 is 1.70 bits per heavy atom. The molecule has 2 heterocycles. The van der Waals surface area contributed by atoms with E-state index in [1.165, 1.54) is 0 Å². The number of benzene rings is 1. The van der Waals surface area contributed by atoms with E-state index in [0.29, 0.717) is 37.7 Å². The topological polar surface area (TPSA) is 52.0 Å². The molecule has 0 atom stereocenters. The Balaban J connectivity index is 1.67. The van der Waals surface area contributed by atoms with Gasteiger partial charge < -0.3 is 15.0 Å². The van der Waals surface area contributed by atoms with Crippen LogP contribution in [0.2, 0.25) is 5.02 Å². The molecule has 1 aromatic carbocycles. The fourth-order valence-corrected chi connectivity index (χ4v) is 3.25. The Morgan fingerprint density at radius 1 is 1.11 bits per heavy atom. The Labute approximate surface area is 159 Å². The third kappa shape index (κ3) is 4.27. The number of aromatic nitrogens is 1. The second kappa shape index (κ2) is 7.64. The van der Waals surface area contributed by atoms with Crippen LogP contribution in [0.1, 0.15) is 18.1 Å². The average Bonchev–Trinajstić information content (AvgIpc) is 2.67. The highest BCUT2D eigenvalue weighted by atomic mass is 35.5. The number of pyridine rings is 1. The van der Waals surface area contributed by atoms with Gasteiger partial charge in [0, 0.05) is 38.1 Å². The maximum Gasteiger partial charge on any atom is 0.417 e. The van der Waals surface area contributed by atoms with Gasteiger partial charge in [0.2, 0.25) is 0 Å². The van der Waals surface area contributed by atoms with Crippen molar-refractivity contribution in [2.75, 3.05) is 36.0 Å². The van der Waals surface area contributed by atoms with Crippen molar-refractivity contribution < 1.29 is 18.4 Å². The Kier molecular flexibility index (Phi) is 5.46. The molecule has 1 aliphatic heterocycles. The molecule has 9 heteroatoms. The van der Waals surface area contributed by atoms with Gasteiger partial charge in [0.05, 0.1) is 16.3 Å². The molecule has 0 aliphatic carbocycles. The van der Waals surface area contributed by atoms with Crippen molar-refractivity contribution in [3.8, 4) is 0 Å². The van der Waals surface area contributed by atoms with Crippen molar-refractivity contribution in [3.05, 3.63) is 52.7 Å². The van der Waals surface area contributed by atoms with E-state index in [0.717, 1.165) is 23.5 Å². The number of hydrogen-bond acceptors (Lipinski definition) is 5. The summed E-state index contributed by atoms with van der Waals surface area (Å²) in [5, 5.41) is 12.0. The van der Waals surface area contributed by atoms with Gasteiger partial charge in [0.15, 0.2) is 0 Å². The molecular formula is C18H18ClF3N4O. The van der Waals surface area contributed by atoms with Crippen LogP contribution < -0.4 is 9.80 Å². The number of nitrogens with zero attached hydrogens (tertiary/aromatic N) is 4. The molecule has 5 nitrogen and oxygen atoms in total. The first kappa shape index (κ1) is 19.3. The highest BCUT2D eigenvalue weighted by Crippen LogP contribution is 2.34. The molecule has 1 fully saturated rings. The lowest BCUT2D eigenvalue weighted by Gasteiger charge is -2.37. The summed E-state index contributed by atoms with van der Waals surface area (Å²) in [6.07, 6.45) is -3.64. The van der Waals surface area contributed by atoms with E-state index < -0.39 is 11.7 Å². The second-order valence-electron chi connectivity index (χ2n) is 6.23. The van der Waals surface area contributed by atoms with Gasteiger partial charge in [-0.05, 0) is 30.7 Å². The van der Waals surface area contributed by atoms with E-state index in [2.05, 4.69) is 15.0 Å². The molecule has 0 bridgehead atoms. The van der Waals surface area contributed by atoms with E-state index >= 15 is 0 Å². The van der Waals surface area contributed by atoms with Crippen LogP contribution in [0.3, 0.4) is 0 Å². The first-order valence-corrected chi connectivity index (χ1v) is 8.69. The van der Waals surface area contributed by atoms with E-state index in [4.69, 9.17) is 16.8 Å².